The monoisotopic (exact) mass is 358 g/mol. The van der Waals surface area contributed by atoms with Gasteiger partial charge in [0.15, 0.2) is 5.96 Å². The SMILES string of the molecule is N=Cc1c(N)ccc2nc(-c3ccc(NC(=N)N)cc3)c3c(c12)CCCC3. The molecule has 0 saturated carbocycles. The fourth-order valence-corrected chi connectivity index (χ4v) is 3.93. The Morgan fingerprint density at radius 2 is 1.74 bits per heavy atom. The third-order valence-electron chi connectivity index (χ3n) is 5.13. The second-order valence-electron chi connectivity index (χ2n) is 6.85. The molecule has 6 heteroatoms. The molecule has 0 amide bonds. The summed E-state index contributed by atoms with van der Waals surface area (Å²) < 4.78 is 0. The molecule has 0 aliphatic heterocycles. The van der Waals surface area contributed by atoms with Gasteiger partial charge in [0, 0.05) is 34.1 Å². The van der Waals surface area contributed by atoms with Gasteiger partial charge in [-0.25, -0.2) is 4.98 Å². The van der Waals surface area contributed by atoms with E-state index in [0.717, 1.165) is 59.1 Å². The number of aryl methyl sites for hydroxylation is 1. The second kappa shape index (κ2) is 6.72. The maximum Gasteiger partial charge on any atom is 0.190 e. The minimum Gasteiger partial charge on any atom is -0.398 e. The van der Waals surface area contributed by atoms with Crippen molar-refractivity contribution >= 4 is 34.5 Å². The summed E-state index contributed by atoms with van der Waals surface area (Å²) in [5.74, 6) is -0.0827. The van der Waals surface area contributed by atoms with Crippen LogP contribution in [0.25, 0.3) is 22.2 Å². The Kier molecular flexibility index (Phi) is 4.24. The molecule has 0 atom stereocenters. The molecule has 7 N–H and O–H groups in total. The van der Waals surface area contributed by atoms with Gasteiger partial charge in [0.05, 0.1) is 11.2 Å². The van der Waals surface area contributed by atoms with Gasteiger partial charge in [-0.3, -0.25) is 5.41 Å². The van der Waals surface area contributed by atoms with E-state index >= 15 is 0 Å². The molecular formula is C21H22N6. The molecule has 0 fully saturated rings. The van der Waals surface area contributed by atoms with Crippen molar-refractivity contribution in [3.05, 3.63) is 53.1 Å². The van der Waals surface area contributed by atoms with Crippen molar-refractivity contribution in [3.63, 3.8) is 0 Å². The number of aromatic nitrogens is 1. The number of pyridine rings is 1. The molecule has 136 valence electrons. The highest BCUT2D eigenvalue weighted by molar-refractivity contribution is 6.05. The van der Waals surface area contributed by atoms with E-state index in [1.807, 2.05) is 36.4 Å². The van der Waals surface area contributed by atoms with E-state index < -0.39 is 0 Å². The molecule has 1 heterocycles. The van der Waals surface area contributed by atoms with Crippen LogP contribution in [-0.2, 0) is 12.8 Å². The largest absolute Gasteiger partial charge is 0.398 e. The Labute approximate surface area is 157 Å². The average molecular weight is 358 g/mol. The normalized spacial score (nSPS) is 13.2. The van der Waals surface area contributed by atoms with Gasteiger partial charge in [0.1, 0.15) is 0 Å². The minimum absolute atomic E-state index is 0.0827. The number of nitrogens with two attached hydrogens (primary N) is 2. The van der Waals surface area contributed by atoms with Crippen LogP contribution in [0, 0.1) is 10.8 Å². The zero-order valence-electron chi connectivity index (χ0n) is 15.0. The molecule has 6 nitrogen and oxygen atoms in total. The van der Waals surface area contributed by atoms with Crippen LogP contribution in [0.3, 0.4) is 0 Å². The zero-order valence-corrected chi connectivity index (χ0v) is 15.0. The fraction of sp³-hybridized carbons (Fsp3) is 0.190. The standard InChI is InChI=1S/C21H22N6/c22-11-16-17(23)9-10-18-19(16)14-3-1-2-4-15(14)20(27-18)12-5-7-13(8-6-12)26-21(24)25/h5-11,22H,1-4,23H2,(H4,24,25,26). The second-order valence-corrected chi connectivity index (χ2v) is 6.85. The Bertz CT molecular complexity index is 1050. The maximum absolute atomic E-state index is 7.81. The summed E-state index contributed by atoms with van der Waals surface area (Å²) in [6, 6.07) is 11.6. The molecule has 0 saturated heterocycles. The number of nitrogen functional groups attached to an aromatic ring is 1. The molecule has 2 aromatic carbocycles. The third kappa shape index (κ3) is 2.99. The van der Waals surface area contributed by atoms with Gasteiger partial charge in [0.25, 0.3) is 0 Å². The Morgan fingerprint density at radius 3 is 2.41 bits per heavy atom. The van der Waals surface area contributed by atoms with Crippen LogP contribution in [0.5, 0.6) is 0 Å². The van der Waals surface area contributed by atoms with Crippen molar-refractivity contribution in [1.82, 2.24) is 4.98 Å². The smallest absolute Gasteiger partial charge is 0.190 e. The highest BCUT2D eigenvalue weighted by Gasteiger charge is 2.21. The van der Waals surface area contributed by atoms with Crippen LogP contribution in [0.15, 0.2) is 36.4 Å². The molecule has 1 aliphatic rings. The Balaban J connectivity index is 1.93. The number of nitrogens with zero attached hydrogens (tertiary/aromatic N) is 1. The third-order valence-corrected chi connectivity index (χ3v) is 5.13. The number of guanidine groups is 1. The summed E-state index contributed by atoms with van der Waals surface area (Å²) >= 11 is 0. The molecule has 3 aromatic rings. The van der Waals surface area contributed by atoms with Crippen LogP contribution in [-0.4, -0.2) is 17.2 Å². The van der Waals surface area contributed by atoms with E-state index in [4.69, 9.17) is 27.3 Å². The highest BCUT2D eigenvalue weighted by Crippen LogP contribution is 2.37. The van der Waals surface area contributed by atoms with Crippen LogP contribution >= 0.6 is 0 Å². The molecule has 0 radical (unpaired) electrons. The van der Waals surface area contributed by atoms with E-state index in [0.29, 0.717) is 5.69 Å². The first kappa shape index (κ1) is 17.0. The highest BCUT2D eigenvalue weighted by atomic mass is 15.0. The number of hydrogen-bond acceptors (Lipinski definition) is 4. The summed E-state index contributed by atoms with van der Waals surface area (Å²) in [7, 11) is 0. The molecule has 27 heavy (non-hydrogen) atoms. The van der Waals surface area contributed by atoms with E-state index in [1.54, 1.807) is 0 Å². The molecule has 4 rings (SSSR count). The predicted octanol–water partition coefficient (Wildman–Crippen LogP) is 3.67. The van der Waals surface area contributed by atoms with Crippen LogP contribution in [0.4, 0.5) is 11.4 Å². The first-order chi connectivity index (χ1) is 13.1. The topological polar surface area (TPSA) is 125 Å². The molecular weight excluding hydrogens is 336 g/mol. The lowest BCUT2D eigenvalue weighted by atomic mass is 9.85. The lowest BCUT2D eigenvalue weighted by Crippen LogP contribution is -2.20. The van der Waals surface area contributed by atoms with Gasteiger partial charge < -0.3 is 22.2 Å². The first-order valence-corrected chi connectivity index (χ1v) is 9.04. The lowest BCUT2D eigenvalue weighted by molar-refractivity contribution is 0.689. The summed E-state index contributed by atoms with van der Waals surface area (Å²) in [6.45, 7) is 0. The van der Waals surface area contributed by atoms with Gasteiger partial charge in [-0.05, 0) is 61.1 Å². The number of benzene rings is 2. The van der Waals surface area contributed by atoms with Gasteiger partial charge in [0.2, 0.25) is 0 Å². The Hall–Kier alpha value is -3.41. The van der Waals surface area contributed by atoms with Crippen molar-refractivity contribution < 1.29 is 0 Å². The summed E-state index contributed by atoms with van der Waals surface area (Å²) in [4.78, 5) is 4.95. The van der Waals surface area contributed by atoms with Crippen molar-refractivity contribution in [2.75, 3.05) is 11.1 Å². The number of fused-ring (bicyclic) bond motifs is 3. The van der Waals surface area contributed by atoms with E-state index in [-0.39, 0.29) is 5.96 Å². The van der Waals surface area contributed by atoms with Crippen LogP contribution in [0.2, 0.25) is 0 Å². The van der Waals surface area contributed by atoms with Gasteiger partial charge in [-0.15, -0.1) is 0 Å². The molecule has 0 spiro atoms. The number of nitrogens with one attached hydrogen (secondary N) is 3. The predicted molar refractivity (Wildman–Crippen MR) is 112 cm³/mol. The van der Waals surface area contributed by atoms with Crippen LogP contribution in [0.1, 0.15) is 29.5 Å². The van der Waals surface area contributed by atoms with Crippen LogP contribution < -0.4 is 16.8 Å². The molecule has 1 aliphatic carbocycles. The summed E-state index contributed by atoms with van der Waals surface area (Å²) in [6.07, 6.45) is 5.58. The van der Waals surface area contributed by atoms with Crippen molar-refractivity contribution in [1.29, 1.82) is 10.8 Å². The number of anilines is 2. The van der Waals surface area contributed by atoms with Crippen molar-refractivity contribution in [2.24, 2.45) is 5.73 Å². The summed E-state index contributed by atoms with van der Waals surface area (Å²) in [5, 5.41) is 19.0. The van der Waals surface area contributed by atoms with E-state index in [2.05, 4.69) is 5.32 Å². The number of hydrogen-bond donors (Lipinski definition) is 5. The maximum atomic E-state index is 7.81. The van der Waals surface area contributed by atoms with Crippen molar-refractivity contribution in [2.45, 2.75) is 25.7 Å². The Morgan fingerprint density at radius 1 is 1.04 bits per heavy atom. The van der Waals surface area contributed by atoms with E-state index in [1.165, 1.54) is 17.3 Å². The first-order valence-electron chi connectivity index (χ1n) is 9.04. The minimum atomic E-state index is -0.0827. The van der Waals surface area contributed by atoms with Gasteiger partial charge in [-0.1, -0.05) is 12.1 Å². The molecule has 1 aromatic heterocycles. The quantitative estimate of drug-likeness (QED) is 0.278. The van der Waals surface area contributed by atoms with Crippen molar-refractivity contribution in [3.8, 4) is 11.3 Å². The molecule has 0 bridgehead atoms. The van der Waals surface area contributed by atoms with E-state index in [9.17, 15) is 0 Å². The average Bonchev–Trinajstić information content (AvgIpc) is 2.67. The lowest BCUT2D eigenvalue weighted by Gasteiger charge is -2.23. The number of rotatable bonds is 3. The molecule has 0 unspecified atom stereocenters. The van der Waals surface area contributed by atoms with Gasteiger partial charge in [-0.2, -0.15) is 0 Å². The zero-order chi connectivity index (χ0) is 19.0. The van der Waals surface area contributed by atoms with Gasteiger partial charge >= 0.3 is 0 Å². The summed E-state index contributed by atoms with van der Waals surface area (Å²) in [5.41, 5.74) is 19.1. The fourth-order valence-electron chi connectivity index (χ4n) is 3.93.